The molecule has 5 rings (SSSR count). The summed E-state index contributed by atoms with van der Waals surface area (Å²) in [4.78, 5) is 34.5. The fourth-order valence-corrected chi connectivity index (χ4v) is 5.26. The Morgan fingerprint density at radius 2 is 1.46 bits per heavy atom. The molecule has 0 saturated carbocycles. The van der Waals surface area contributed by atoms with Crippen LogP contribution in [0.3, 0.4) is 0 Å². The highest BCUT2D eigenvalue weighted by molar-refractivity contribution is 14.1. The molecule has 3 aromatic carbocycles. The maximum atomic E-state index is 13.8. The largest absolute Gasteiger partial charge is 0.493 e. The monoisotopic (exact) mass is 647 g/mol. The van der Waals surface area contributed by atoms with Crippen molar-refractivity contribution in [3.8, 4) is 11.5 Å². The summed E-state index contributed by atoms with van der Waals surface area (Å²) < 4.78 is 12.4. The number of rotatable bonds is 7. The van der Waals surface area contributed by atoms with Crippen LogP contribution in [0.4, 0.5) is 11.4 Å². The molecule has 39 heavy (non-hydrogen) atoms. The van der Waals surface area contributed by atoms with Gasteiger partial charge in [-0.25, -0.2) is 0 Å². The molecular formula is C30H22IN3O4S. The van der Waals surface area contributed by atoms with E-state index in [1.165, 1.54) is 9.80 Å². The van der Waals surface area contributed by atoms with Gasteiger partial charge in [-0.2, -0.15) is 0 Å². The van der Waals surface area contributed by atoms with E-state index in [2.05, 4.69) is 27.6 Å². The van der Waals surface area contributed by atoms with E-state index in [0.717, 1.165) is 9.26 Å². The fraction of sp³-hybridized carbons (Fsp3) is 0.0667. The molecule has 1 fully saturated rings. The van der Waals surface area contributed by atoms with Crippen LogP contribution >= 0.6 is 34.8 Å². The molecule has 0 bridgehead atoms. The van der Waals surface area contributed by atoms with Crippen LogP contribution in [-0.2, 0) is 16.2 Å². The maximum absolute atomic E-state index is 13.8. The molecule has 1 aromatic heterocycles. The van der Waals surface area contributed by atoms with Crippen LogP contribution in [-0.4, -0.2) is 29.0 Å². The van der Waals surface area contributed by atoms with Crippen molar-refractivity contribution in [3.63, 3.8) is 0 Å². The van der Waals surface area contributed by atoms with Gasteiger partial charge in [0.2, 0.25) is 0 Å². The van der Waals surface area contributed by atoms with Crippen molar-refractivity contribution < 1.29 is 19.1 Å². The second kappa shape index (κ2) is 11.7. The molecule has 1 aliphatic rings. The van der Waals surface area contributed by atoms with E-state index in [4.69, 9.17) is 21.7 Å². The first-order valence-corrected chi connectivity index (χ1v) is 13.4. The topological polar surface area (TPSA) is 72.0 Å². The number of anilines is 2. The Balaban J connectivity index is 1.55. The number of hydrogen-bond acceptors (Lipinski definition) is 6. The average molecular weight is 647 g/mol. The molecule has 7 nitrogen and oxygen atoms in total. The van der Waals surface area contributed by atoms with E-state index in [-0.39, 0.29) is 17.3 Å². The van der Waals surface area contributed by atoms with Gasteiger partial charge < -0.3 is 9.47 Å². The number of benzene rings is 3. The van der Waals surface area contributed by atoms with Gasteiger partial charge in [0, 0.05) is 6.20 Å². The minimum Gasteiger partial charge on any atom is -0.493 e. The number of halogens is 1. The Morgan fingerprint density at radius 1 is 0.872 bits per heavy atom. The molecule has 1 aliphatic heterocycles. The predicted octanol–water partition coefficient (Wildman–Crippen LogP) is 6.02. The zero-order valence-corrected chi connectivity index (χ0v) is 23.8. The highest BCUT2D eigenvalue weighted by Crippen LogP contribution is 2.36. The Morgan fingerprint density at radius 3 is 2.00 bits per heavy atom. The van der Waals surface area contributed by atoms with Crippen molar-refractivity contribution >= 4 is 69.2 Å². The molecule has 9 heteroatoms. The first-order chi connectivity index (χ1) is 19.0. The van der Waals surface area contributed by atoms with Gasteiger partial charge in [-0.1, -0.05) is 42.5 Å². The lowest BCUT2D eigenvalue weighted by atomic mass is 10.0. The minimum absolute atomic E-state index is 0.0312. The molecule has 2 amide bonds. The van der Waals surface area contributed by atoms with Gasteiger partial charge in [0.25, 0.3) is 11.8 Å². The van der Waals surface area contributed by atoms with Crippen molar-refractivity contribution in [3.05, 3.63) is 118 Å². The Labute approximate surface area is 244 Å². The van der Waals surface area contributed by atoms with Gasteiger partial charge in [0.15, 0.2) is 16.6 Å². The van der Waals surface area contributed by atoms with Crippen molar-refractivity contribution in [2.45, 2.75) is 6.61 Å². The first kappa shape index (κ1) is 26.5. The Kier molecular flexibility index (Phi) is 7.99. The summed E-state index contributed by atoms with van der Waals surface area (Å²) in [6.07, 6.45) is 3.27. The summed E-state index contributed by atoms with van der Waals surface area (Å²) >= 11 is 7.82. The highest BCUT2D eigenvalue weighted by Gasteiger charge is 2.41. The van der Waals surface area contributed by atoms with Crippen molar-refractivity contribution in [1.82, 2.24) is 4.98 Å². The van der Waals surface area contributed by atoms with Crippen LogP contribution in [0, 0.1) is 3.57 Å². The maximum Gasteiger partial charge on any atom is 0.270 e. The summed E-state index contributed by atoms with van der Waals surface area (Å²) in [6, 6.07) is 27.2. The molecule has 0 aliphatic carbocycles. The number of amides is 2. The van der Waals surface area contributed by atoms with Crippen LogP contribution in [0.1, 0.15) is 11.3 Å². The van der Waals surface area contributed by atoms with E-state index in [9.17, 15) is 9.59 Å². The summed E-state index contributed by atoms with van der Waals surface area (Å²) in [6.45, 7) is 0.264. The smallest absolute Gasteiger partial charge is 0.270 e. The molecule has 2 heterocycles. The number of methoxy groups -OCH3 is 1. The van der Waals surface area contributed by atoms with E-state index in [0.29, 0.717) is 28.4 Å². The van der Waals surface area contributed by atoms with Crippen LogP contribution in [0.5, 0.6) is 11.5 Å². The predicted molar refractivity (Wildman–Crippen MR) is 163 cm³/mol. The van der Waals surface area contributed by atoms with Gasteiger partial charge in [-0.3, -0.25) is 24.4 Å². The van der Waals surface area contributed by atoms with Gasteiger partial charge in [0.05, 0.1) is 27.7 Å². The lowest BCUT2D eigenvalue weighted by molar-refractivity contribution is -0.120. The third-order valence-corrected chi connectivity index (χ3v) is 7.10. The fourth-order valence-electron chi connectivity index (χ4n) is 4.10. The molecule has 194 valence electrons. The number of thiocarbonyl (C=S) groups is 1. The number of aromatic nitrogens is 1. The second-order valence-corrected chi connectivity index (χ2v) is 9.96. The lowest BCUT2D eigenvalue weighted by Gasteiger charge is -2.36. The highest BCUT2D eigenvalue weighted by atomic mass is 127. The number of carbonyl (C=O) groups is 2. The molecule has 0 radical (unpaired) electrons. The molecular weight excluding hydrogens is 625 g/mol. The minimum atomic E-state index is -0.507. The number of nitrogens with zero attached hydrogens (tertiary/aromatic N) is 3. The number of pyridine rings is 1. The Hall–Kier alpha value is -4.09. The van der Waals surface area contributed by atoms with Crippen LogP contribution in [0.25, 0.3) is 6.08 Å². The van der Waals surface area contributed by atoms with Gasteiger partial charge in [-0.05, 0) is 95.0 Å². The summed E-state index contributed by atoms with van der Waals surface area (Å²) in [5.74, 6) is 0.00149. The Bertz CT molecular complexity index is 1500. The van der Waals surface area contributed by atoms with Crippen LogP contribution in [0.15, 0.2) is 103 Å². The van der Waals surface area contributed by atoms with Gasteiger partial charge >= 0.3 is 0 Å². The van der Waals surface area contributed by atoms with Gasteiger partial charge in [0.1, 0.15) is 12.2 Å². The normalized spacial score (nSPS) is 13.5. The first-order valence-electron chi connectivity index (χ1n) is 11.9. The molecule has 0 spiro atoms. The summed E-state index contributed by atoms with van der Waals surface area (Å²) in [5.41, 5.74) is 2.48. The third kappa shape index (κ3) is 5.55. The molecule has 0 N–H and O–H groups in total. The number of ether oxygens (including phenoxy) is 2. The SMILES string of the molecule is COc1cc(C=C2C(=O)N(c3ccccc3)C(=S)N(c3ccccc3)C2=O)cc(I)c1OCc1ccccn1. The summed E-state index contributed by atoms with van der Waals surface area (Å²) in [7, 11) is 1.54. The zero-order valence-electron chi connectivity index (χ0n) is 20.8. The zero-order chi connectivity index (χ0) is 27.4. The lowest BCUT2D eigenvalue weighted by Crippen LogP contribution is -2.56. The van der Waals surface area contributed by atoms with Crippen molar-refractivity contribution in [2.75, 3.05) is 16.9 Å². The summed E-state index contributed by atoms with van der Waals surface area (Å²) in [5, 5.41) is 0.0879. The second-order valence-electron chi connectivity index (χ2n) is 8.44. The third-order valence-electron chi connectivity index (χ3n) is 5.93. The molecule has 0 unspecified atom stereocenters. The van der Waals surface area contributed by atoms with Crippen LogP contribution in [0.2, 0.25) is 0 Å². The van der Waals surface area contributed by atoms with E-state index in [1.54, 1.807) is 49.7 Å². The standard InChI is InChI=1S/C30H22IN3O4S/c1-37-26-18-20(17-25(31)27(26)38-19-21-10-8-9-15-32-21)16-24-28(35)33(22-11-4-2-5-12-22)30(39)34(29(24)36)23-13-6-3-7-14-23/h2-18H,19H2,1H3. The van der Waals surface area contributed by atoms with Crippen molar-refractivity contribution in [2.24, 2.45) is 0 Å². The van der Waals surface area contributed by atoms with Crippen LogP contribution < -0.4 is 19.3 Å². The quantitative estimate of drug-likeness (QED) is 0.106. The van der Waals surface area contributed by atoms with Gasteiger partial charge in [-0.15, -0.1) is 0 Å². The molecule has 0 atom stereocenters. The van der Waals surface area contributed by atoms with Crippen molar-refractivity contribution in [1.29, 1.82) is 0 Å². The molecule has 1 saturated heterocycles. The van der Waals surface area contributed by atoms with E-state index in [1.807, 2.05) is 60.7 Å². The number of hydrogen-bond donors (Lipinski definition) is 0. The van der Waals surface area contributed by atoms with E-state index >= 15 is 0 Å². The van der Waals surface area contributed by atoms with E-state index < -0.39 is 11.8 Å². The molecule has 4 aromatic rings. The number of carbonyl (C=O) groups excluding carboxylic acids is 2. The average Bonchev–Trinajstić information content (AvgIpc) is 2.96. The number of para-hydroxylation sites is 2.